The third-order valence-corrected chi connectivity index (χ3v) is 3.15. The topological polar surface area (TPSA) is 84.3 Å². The first kappa shape index (κ1) is 15.1. The first-order valence-electron chi connectivity index (χ1n) is 6.20. The number of ether oxygens (including phenoxy) is 1. The van der Waals surface area contributed by atoms with Crippen molar-refractivity contribution in [2.45, 2.75) is 5.92 Å². The predicted octanol–water partition coefficient (Wildman–Crippen LogP) is 2.42. The van der Waals surface area contributed by atoms with Crippen molar-refractivity contribution in [2.75, 3.05) is 19.0 Å². The van der Waals surface area contributed by atoms with Crippen molar-refractivity contribution in [3.05, 3.63) is 47.1 Å². The van der Waals surface area contributed by atoms with Crippen LogP contribution in [0.4, 0.5) is 5.82 Å². The third-order valence-electron chi connectivity index (χ3n) is 2.88. The van der Waals surface area contributed by atoms with Crippen molar-refractivity contribution in [2.24, 2.45) is 0 Å². The van der Waals surface area contributed by atoms with Crippen LogP contribution in [0.15, 0.2) is 36.5 Å². The maximum atomic E-state index is 11.4. The summed E-state index contributed by atoms with van der Waals surface area (Å²) in [6, 6.07) is 9.12. The van der Waals surface area contributed by atoms with Gasteiger partial charge in [0.1, 0.15) is 5.02 Å². The summed E-state index contributed by atoms with van der Waals surface area (Å²) >= 11 is 5.97. The molecule has 0 bridgehead atoms. The number of rotatable bonds is 6. The maximum absolute atomic E-state index is 11.4. The standard InChI is InChI=1S/C14H14ClN3O3/c1-21-14-17-8-11(15)12(18-14)16-7-10(13(19)20)9-5-3-2-4-6-9/h2-6,8,10H,7H2,1H3,(H,19,20)(H,16,17,18). The highest BCUT2D eigenvalue weighted by atomic mass is 35.5. The number of nitrogens with one attached hydrogen (secondary N) is 1. The number of halogens is 1. The molecule has 110 valence electrons. The molecular weight excluding hydrogens is 294 g/mol. The molecule has 1 aromatic heterocycles. The van der Waals surface area contributed by atoms with Gasteiger partial charge in [-0.05, 0) is 5.56 Å². The predicted molar refractivity (Wildman–Crippen MR) is 78.9 cm³/mol. The van der Waals surface area contributed by atoms with Gasteiger partial charge in [-0.25, -0.2) is 4.98 Å². The van der Waals surface area contributed by atoms with Gasteiger partial charge in [-0.3, -0.25) is 4.79 Å². The van der Waals surface area contributed by atoms with Crippen LogP contribution in [0, 0.1) is 0 Å². The normalized spacial score (nSPS) is 11.7. The van der Waals surface area contributed by atoms with E-state index in [9.17, 15) is 9.90 Å². The smallest absolute Gasteiger partial charge is 0.318 e. The summed E-state index contributed by atoms with van der Waals surface area (Å²) in [5, 5.41) is 12.6. The summed E-state index contributed by atoms with van der Waals surface area (Å²) in [4.78, 5) is 19.3. The number of carboxylic acids is 1. The minimum Gasteiger partial charge on any atom is -0.481 e. The van der Waals surface area contributed by atoms with E-state index in [-0.39, 0.29) is 12.6 Å². The van der Waals surface area contributed by atoms with Gasteiger partial charge in [0.05, 0.1) is 19.2 Å². The number of hydrogen-bond donors (Lipinski definition) is 2. The lowest BCUT2D eigenvalue weighted by molar-refractivity contribution is -0.138. The number of carbonyl (C=O) groups is 1. The minimum atomic E-state index is -0.925. The lowest BCUT2D eigenvalue weighted by Crippen LogP contribution is -2.21. The number of benzene rings is 1. The summed E-state index contributed by atoms with van der Waals surface area (Å²) in [5.74, 6) is -1.29. The summed E-state index contributed by atoms with van der Waals surface area (Å²) in [5.41, 5.74) is 0.703. The van der Waals surface area contributed by atoms with Crippen molar-refractivity contribution < 1.29 is 14.6 Å². The molecule has 1 aromatic carbocycles. The molecule has 0 spiro atoms. The molecular formula is C14H14ClN3O3. The van der Waals surface area contributed by atoms with Crippen LogP contribution in [-0.2, 0) is 4.79 Å². The van der Waals surface area contributed by atoms with Gasteiger partial charge in [-0.2, -0.15) is 4.98 Å². The Hall–Kier alpha value is -2.34. The molecule has 0 aliphatic rings. The fourth-order valence-electron chi connectivity index (χ4n) is 1.81. The number of aromatic nitrogens is 2. The van der Waals surface area contributed by atoms with Gasteiger partial charge in [-0.1, -0.05) is 41.9 Å². The first-order chi connectivity index (χ1) is 10.1. The van der Waals surface area contributed by atoms with E-state index in [2.05, 4.69) is 15.3 Å². The SMILES string of the molecule is COc1ncc(Cl)c(NCC(C(=O)O)c2ccccc2)n1. The molecule has 6 nitrogen and oxygen atoms in total. The fourth-order valence-corrected chi connectivity index (χ4v) is 1.96. The zero-order chi connectivity index (χ0) is 15.2. The van der Waals surface area contributed by atoms with Crippen molar-refractivity contribution in [3.63, 3.8) is 0 Å². The van der Waals surface area contributed by atoms with Gasteiger partial charge >= 0.3 is 12.0 Å². The Balaban J connectivity index is 2.14. The molecule has 0 saturated carbocycles. The van der Waals surface area contributed by atoms with Gasteiger partial charge < -0.3 is 15.2 Å². The van der Waals surface area contributed by atoms with Gasteiger partial charge in [0.15, 0.2) is 5.82 Å². The highest BCUT2D eigenvalue weighted by molar-refractivity contribution is 6.32. The van der Waals surface area contributed by atoms with Crippen LogP contribution in [0.3, 0.4) is 0 Å². The lowest BCUT2D eigenvalue weighted by atomic mass is 9.99. The zero-order valence-corrected chi connectivity index (χ0v) is 12.0. The molecule has 1 heterocycles. The number of hydrogen-bond acceptors (Lipinski definition) is 5. The van der Waals surface area contributed by atoms with E-state index in [0.29, 0.717) is 16.4 Å². The fraction of sp³-hybridized carbons (Fsp3) is 0.214. The van der Waals surface area contributed by atoms with Gasteiger partial charge in [0, 0.05) is 6.54 Å². The quantitative estimate of drug-likeness (QED) is 0.852. The average Bonchev–Trinajstić information content (AvgIpc) is 2.50. The molecule has 0 radical (unpaired) electrons. The molecule has 0 saturated heterocycles. The van der Waals surface area contributed by atoms with E-state index in [1.165, 1.54) is 13.3 Å². The maximum Gasteiger partial charge on any atom is 0.318 e. The van der Waals surface area contributed by atoms with Crippen molar-refractivity contribution in [3.8, 4) is 6.01 Å². The van der Waals surface area contributed by atoms with E-state index in [1.54, 1.807) is 24.3 Å². The number of nitrogens with zero attached hydrogens (tertiary/aromatic N) is 2. The third kappa shape index (κ3) is 3.82. The summed E-state index contributed by atoms with van der Waals surface area (Å²) in [6.45, 7) is 0.152. The van der Waals surface area contributed by atoms with Crippen LogP contribution in [0.1, 0.15) is 11.5 Å². The number of methoxy groups -OCH3 is 1. The molecule has 2 rings (SSSR count). The van der Waals surface area contributed by atoms with Gasteiger partial charge in [0.25, 0.3) is 0 Å². The lowest BCUT2D eigenvalue weighted by Gasteiger charge is -2.15. The Bertz CT molecular complexity index is 622. The second kappa shape index (κ2) is 6.90. The van der Waals surface area contributed by atoms with Gasteiger partial charge in [0.2, 0.25) is 0 Å². The minimum absolute atomic E-state index is 0.152. The Morgan fingerprint density at radius 3 is 2.76 bits per heavy atom. The van der Waals surface area contributed by atoms with Crippen LogP contribution in [0.25, 0.3) is 0 Å². The van der Waals surface area contributed by atoms with E-state index >= 15 is 0 Å². The summed E-state index contributed by atoms with van der Waals surface area (Å²) in [6.07, 6.45) is 1.40. The van der Waals surface area contributed by atoms with Crippen LogP contribution in [-0.4, -0.2) is 34.7 Å². The Labute approximate surface area is 126 Å². The molecule has 0 aliphatic carbocycles. The van der Waals surface area contributed by atoms with E-state index in [4.69, 9.17) is 16.3 Å². The molecule has 7 heteroatoms. The van der Waals surface area contributed by atoms with Crippen LogP contribution < -0.4 is 10.1 Å². The van der Waals surface area contributed by atoms with Gasteiger partial charge in [-0.15, -0.1) is 0 Å². The number of anilines is 1. The second-order valence-corrected chi connectivity index (χ2v) is 4.64. The molecule has 0 fully saturated rings. The number of aliphatic carboxylic acids is 1. The molecule has 1 atom stereocenters. The van der Waals surface area contributed by atoms with E-state index in [0.717, 1.165) is 0 Å². The first-order valence-corrected chi connectivity index (χ1v) is 6.57. The molecule has 2 N–H and O–H groups in total. The highest BCUT2D eigenvalue weighted by Gasteiger charge is 2.20. The molecule has 21 heavy (non-hydrogen) atoms. The molecule has 0 amide bonds. The molecule has 2 aromatic rings. The largest absolute Gasteiger partial charge is 0.481 e. The molecule has 0 aliphatic heterocycles. The average molecular weight is 308 g/mol. The zero-order valence-electron chi connectivity index (χ0n) is 11.3. The molecule has 1 unspecified atom stereocenters. The Kier molecular flexibility index (Phi) is 4.94. The van der Waals surface area contributed by atoms with Crippen LogP contribution in [0.2, 0.25) is 5.02 Å². The van der Waals surface area contributed by atoms with Crippen LogP contribution >= 0.6 is 11.6 Å². The summed E-state index contributed by atoms with van der Waals surface area (Å²) < 4.78 is 4.91. The van der Waals surface area contributed by atoms with Crippen LogP contribution in [0.5, 0.6) is 6.01 Å². The van der Waals surface area contributed by atoms with Crippen molar-refractivity contribution in [1.82, 2.24) is 9.97 Å². The van der Waals surface area contributed by atoms with E-state index in [1.807, 2.05) is 6.07 Å². The second-order valence-electron chi connectivity index (χ2n) is 4.24. The summed E-state index contributed by atoms with van der Waals surface area (Å²) in [7, 11) is 1.44. The monoisotopic (exact) mass is 307 g/mol. The Morgan fingerprint density at radius 2 is 2.14 bits per heavy atom. The number of carboxylic acid groups (broad SMARTS) is 1. The Morgan fingerprint density at radius 1 is 1.43 bits per heavy atom. The van der Waals surface area contributed by atoms with Crippen molar-refractivity contribution >= 4 is 23.4 Å². The highest BCUT2D eigenvalue weighted by Crippen LogP contribution is 2.22. The van der Waals surface area contributed by atoms with E-state index < -0.39 is 11.9 Å². The van der Waals surface area contributed by atoms with Crippen molar-refractivity contribution in [1.29, 1.82) is 0 Å².